The van der Waals surface area contributed by atoms with E-state index in [0.717, 1.165) is 17.7 Å². The number of hydrogen-bond acceptors (Lipinski definition) is 2. The van der Waals surface area contributed by atoms with E-state index in [0.29, 0.717) is 6.61 Å². The lowest BCUT2D eigenvalue weighted by atomic mass is 9.96. The Morgan fingerprint density at radius 3 is 2.83 bits per heavy atom. The minimum atomic E-state index is 0.0719. The van der Waals surface area contributed by atoms with Crippen LogP contribution >= 0.6 is 0 Å². The maximum Gasteiger partial charge on any atom is 0.148 e. The number of benzene rings is 1. The van der Waals surface area contributed by atoms with Crippen LogP contribution in [-0.2, 0) is 4.74 Å². The predicted molar refractivity (Wildman–Crippen MR) is 72.5 cm³/mol. The van der Waals surface area contributed by atoms with Crippen molar-refractivity contribution in [3.05, 3.63) is 41.0 Å². The van der Waals surface area contributed by atoms with E-state index < -0.39 is 0 Å². The van der Waals surface area contributed by atoms with Crippen LogP contribution < -0.4 is 4.74 Å². The third-order valence-electron chi connectivity index (χ3n) is 3.30. The third-order valence-corrected chi connectivity index (χ3v) is 3.30. The van der Waals surface area contributed by atoms with Crippen molar-refractivity contribution in [1.29, 1.82) is 0 Å². The van der Waals surface area contributed by atoms with Crippen LogP contribution in [0.1, 0.15) is 31.9 Å². The molecular weight excluding hydrogens is 224 g/mol. The van der Waals surface area contributed by atoms with E-state index in [4.69, 9.17) is 15.9 Å². The number of ether oxygens (including phenoxy) is 2. The molecule has 0 amide bonds. The minimum Gasteiger partial charge on any atom is -0.481 e. The molecule has 0 fully saturated rings. The molecule has 0 N–H and O–H groups in total. The molecular formula is C16H18O2. The lowest BCUT2D eigenvalue weighted by Gasteiger charge is -2.26. The van der Waals surface area contributed by atoms with E-state index >= 15 is 0 Å². The van der Waals surface area contributed by atoms with Gasteiger partial charge in [-0.1, -0.05) is 29.7 Å². The van der Waals surface area contributed by atoms with Gasteiger partial charge in [0.25, 0.3) is 0 Å². The smallest absolute Gasteiger partial charge is 0.148 e. The third kappa shape index (κ3) is 2.75. The van der Waals surface area contributed by atoms with Gasteiger partial charge >= 0.3 is 0 Å². The highest BCUT2D eigenvalue weighted by atomic mass is 16.5. The van der Waals surface area contributed by atoms with Crippen LogP contribution in [0, 0.1) is 12.3 Å². The summed E-state index contributed by atoms with van der Waals surface area (Å²) in [6, 6.07) is 7.94. The Morgan fingerprint density at radius 1 is 1.33 bits per heavy atom. The molecule has 1 aromatic carbocycles. The van der Waals surface area contributed by atoms with Crippen molar-refractivity contribution in [2.75, 3.05) is 13.2 Å². The number of terminal acetylenes is 1. The van der Waals surface area contributed by atoms with Crippen molar-refractivity contribution in [2.24, 2.45) is 0 Å². The molecule has 2 rings (SSSR count). The van der Waals surface area contributed by atoms with Gasteiger partial charge in [0.15, 0.2) is 0 Å². The molecule has 0 aromatic heterocycles. The lowest BCUT2D eigenvalue weighted by molar-refractivity contribution is 0.0558. The predicted octanol–water partition coefficient (Wildman–Crippen LogP) is 3.50. The molecule has 0 saturated heterocycles. The zero-order valence-electron chi connectivity index (χ0n) is 10.9. The number of rotatable bonds is 3. The van der Waals surface area contributed by atoms with Gasteiger partial charge in [-0.2, -0.15) is 0 Å². The highest BCUT2D eigenvalue weighted by Crippen LogP contribution is 2.35. The molecule has 1 aliphatic heterocycles. The summed E-state index contributed by atoms with van der Waals surface area (Å²) in [7, 11) is 0. The Hall–Kier alpha value is -1.72. The topological polar surface area (TPSA) is 18.5 Å². The molecule has 0 spiro atoms. The van der Waals surface area contributed by atoms with Crippen molar-refractivity contribution in [3.8, 4) is 18.1 Å². The Bertz CT molecular complexity index is 494. The second-order valence-corrected chi connectivity index (χ2v) is 4.60. The van der Waals surface area contributed by atoms with Gasteiger partial charge in [-0.05, 0) is 31.9 Å². The summed E-state index contributed by atoms with van der Waals surface area (Å²) in [6.45, 7) is 5.26. The Morgan fingerprint density at radius 2 is 2.11 bits per heavy atom. The first-order valence-electron chi connectivity index (χ1n) is 6.14. The molecule has 1 aromatic rings. The van der Waals surface area contributed by atoms with Crippen molar-refractivity contribution in [3.63, 3.8) is 0 Å². The average molecular weight is 242 g/mol. The molecule has 0 bridgehead atoms. The zero-order chi connectivity index (χ0) is 13.0. The Labute approximate surface area is 109 Å². The van der Waals surface area contributed by atoms with Crippen LogP contribution in [0.15, 0.2) is 35.4 Å². The monoisotopic (exact) mass is 242 g/mol. The van der Waals surface area contributed by atoms with E-state index in [1.807, 2.05) is 24.3 Å². The molecule has 94 valence electrons. The summed E-state index contributed by atoms with van der Waals surface area (Å²) >= 11 is 0. The Balaban J connectivity index is 2.21. The summed E-state index contributed by atoms with van der Waals surface area (Å²) in [6.07, 6.45) is 6.22. The SMILES string of the molecule is C#CCOc1ccccc1C1CC(C)=C(C)CO1. The second kappa shape index (κ2) is 5.75. The molecule has 1 heterocycles. The van der Waals surface area contributed by atoms with Gasteiger partial charge in [0.2, 0.25) is 0 Å². The van der Waals surface area contributed by atoms with Gasteiger partial charge < -0.3 is 9.47 Å². The fourth-order valence-corrected chi connectivity index (χ4v) is 2.06. The van der Waals surface area contributed by atoms with Crippen molar-refractivity contribution >= 4 is 0 Å². The van der Waals surface area contributed by atoms with Crippen LogP contribution in [0.5, 0.6) is 5.75 Å². The lowest BCUT2D eigenvalue weighted by Crippen LogP contribution is -2.14. The van der Waals surface area contributed by atoms with Crippen molar-refractivity contribution in [2.45, 2.75) is 26.4 Å². The standard InChI is InChI=1S/C16H18O2/c1-4-9-17-15-8-6-5-7-14(15)16-10-12(2)13(3)11-18-16/h1,5-8,16H,9-11H2,2-3H3. The first-order valence-corrected chi connectivity index (χ1v) is 6.14. The average Bonchev–Trinajstić information content (AvgIpc) is 2.40. The van der Waals surface area contributed by atoms with Gasteiger partial charge in [-0.3, -0.25) is 0 Å². The van der Waals surface area contributed by atoms with Gasteiger partial charge in [0, 0.05) is 5.56 Å². The van der Waals surface area contributed by atoms with Gasteiger partial charge in [0.1, 0.15) is 12.4 Å². The maximum atomic E-state index is 5.88. The largest absolute Gasteiger partial charge is 0.481 e. The van der Waals surface area contributed by atoms with Gasteiger partial charge in [0.05, 0.1) is 12.7 Å². The zero-order valence-corrected chi connectivity index (χ0v) is 10.9. The van der Waals surface area contributed by atoms with E-state index in [-0.39, 0.29) is 12.7 Å². The fourth-order valence-electron chi connectivity index (χ4n) is 2.06. The summed E-state index contributed by atoms with van der Waals surface area (Å²) < 4.78 is 11.4. The molecule has 2 heteroatoms. The summed E-state index contributed by atoms with van der Waals surface area (Å²) in [5.74, 6) is 3.32. The summed E-state index contributed by atoms with van der Waals surface area (Å²) in [5.41, 5.74) is 3.81. The van der Waals surface area contributed by atoms with Gasteiger partial charge in [-0.25, -0.2) is 0 Å². The Kier molecular flexibility index (Phi) is 4.07. The molecule has 18 heavy (non-hydrogen) atoms. The highest BCUT2D eigenvalue weighted by Gasteiger charge is 2.21. The second-order valence-electron chi connectivity index (χ2n) is 4.60. The first-order chi connectivity index (χ1) is 8.72. The van der Waals surface area contributed by atoms with Crippen LogP contribution in [0.25, 0.3) is 0 Å². The summed E-state index contributed by atoms with van der Waals surface area (Å²) in [4.78, 5) is 0. The first kappa shape index (κ1) is 12.7. The van der Waals surface area contributed by atoms with E-state index in [1.54, 1.807) is 0 Å². The molecule has 2 nitrogen and oxygen atoms in total. The summed E-state index contributed by atoms with van der Waals surface area (Å²) in [5, 5.41) is 0. The van der Waals surface area contributed by atoms with E-state index in [9.17, 15) is 0 Å². The van der Waals surface area contributed by atoms with E-state index in [2.05, 4.69) is 19.8 Å². The molecule has 1 aliphatic rings. The van der Waals surface area contributed by atoms with Crippen LogP contribution in [0.3, 0.4) is 0 Å². The number of para-hydroxylation sites is 1. The maximum absolute atomic E-state index is 5.88. The van der Waals surface area contributed by atoms with Crippen LogP contribution in [-0.4, -0.2) is 13.2 Å². The molecule has 0 saturated carbocycles. The highest BCUT2D eigenvalue weighted by molar-refractivity contribution is 5.37. The van der Waals surface area contributed by atoms with E-state index in [1.165, 1.54) is 11.1 Å². The van der Waals surface area contributed by atoms with Crippen LogP contribution in [0.4, 0.5) is 0 Å². The number of hydrogen-bond donors (Lipinski definition) is 0. The molecule has 1 atom stereocenters. The normalized spacial score (nSPS) is 19.5. The molecule has 0 aliphatic carbocycles. The minimum absolute atomic E-state index is 0.0719. The molecule has 1 unspecified atom stereocenters. The van der Waals surface area contributed by atoms with Gasteiger partial charge in [-0.15, -0.1) is 6.42 Å². The fraction of sp³-hybridized carbons (Fsp3) is 0.375. The van der Waals surface area contributed by atoms with Crippen molar-refractivity contribution < 1.29 is 9.47 Å². The van der Waals surface area contributed by atoms with Crippen LogP contribution in [0.2, 0.25) is 0 Å². The van der Waals surface area contributed by atoms with Crippen molar-refractivity contribution in [1.82, 2.24) is 0 Å². The molecule has 0 radical (unpaired) electrons. The quantitative estimate of drug-likeness (QED) is 0.596.